The van der Waals surface area contributed by atoms with Gasteiger partial charge in [-0.1, -0.05) is 13.1 Å². The van der Waals surface area contributed by atoms with Crippen LogP contribution in [0.2, 0.25) is 19.1 Å². The van der Waals surface area contributed by atoms with E-state index in [1.165, 1.54) is 5.20 Å². The standard InChI is InChI=1S/C9H15OSi.2CH3.2ClH.H2Si.Zr/c1-11(2,8-7-10)9-5-3-4-6-9;;;;;;/h3,5,10H,4,7-8H2,1-2H3;2*1H3;2*1H;1H2;/q3*-1;;;;. The van der Waals surface area contributed by atoms with E-state index < -0.39 is 8.07 Å². The molecule has 0 aromatic rings. The van der Waals surface area contributed by atoms with Crippen molar-refractivity contribution in [3.05, 3.63) is 38.3 Å². The fraction of sp³-hybridized carbons (Fsp3) is 0.455. The van der Waals surface area contributed by atoms with Crippen molar-refractivity contribution >= 4 is 39.8 Å². The molecule has 6 heteroatoms. The molecule has 0 unspecified atom stereocenters. The van der Waals surface area contributed by atoms with Gasteiger partial charge in [0.2, 0.25) is 0 Å². The van der Waals surface area contributed by atoms with Gasteiger partial charge in [0, 0.05) is 14.7 Å². The van der Waals surface area contributed by atoms with Crippen LogP contribution in [0.15, 0.2) is 17.3 Å². The summed E-state index contributed by atoms with van der Waals surface area (Å²) in [5.41, 5.74) is 0. The van der Waals surface area contributed by atoms with E-state index in [4.69, 9.17) is 5.11 Å². The number of aliphatic hydroxyl groups excluding tert-OH is 1. The van der Waals surface area contributed by atoms with E-state index in [1.807, 2.05) is 6.88 Å². The molecule has 1 aliphatic carbocycles. The van der Waals surface area contributed by atoms with Crippen LogP contribution in [0, 0.1) is 20.9 Å². The molecule has 1 nitrogen and oxygen atoms in total. The first-order valence-electron chi connectivity index (χ1n) is 4.41. The van der Waals surface area contributed by atoms with Crippen molar-refractivity contribution in [1.82, 2.24) is 0 Å². The number of halogens is 2. The molecule has 0 aromatic carbocycles. The topological polar surface area (TPSA) is 20.2 Å². The van der Waals surface area contributed by atoms with Crippen LogP contribution >= 0.6 is 24.8 Å². The van der Waals surface area contributed by atoms with Crippen LogP contribution in [0.25, 0.3) is 0 Å². The zero-order valence-corrected chi connectivity index (χ0v) is 17.8. The molecule has 17 heavy (non-hydrogen) atoms. The van der Waals surface area contributed by atoms with Gasteiger partial charge in [-0.3, -0.25) is 6.08 Å². The minimum atomic E-state index is -1.30. The van der Waals surface area contributed by atoms with Gasteiger partial charge in [-0.25, -0.2) is 11.3 Å². The van der Waals surface area contributed by atoms with E-state index in [9.17, 15) is 0 Å². The number of allylic oxidation sites excluding steroid dienone is 4. The number of hydrogen-bond acceptors (Lipinski definition) is 1. The molecule has 0 fully saturated rings. The zero-order valence-electron chi connectivity index (χ0n) is 11.2. The summed E-state index contributed by atoms with van der Waals surface area (Å²) in [5.74, 6) is 0. The maximum atomic E-state index is 8.83. The Bertz CT molecular complexity index is 222. The van der Waals surface area contributed by atoms with Gasteiger partial charge < -0.3 is 20.0 Å². The van der Waals surface area contributed by atoms with Crippen molar-refractivity contribution in [2.45, 2.75) is 25.6 Å². The predicted molar refractivity (Wildman–Crippen MR) is 85.8 cm³/mol. The van der Waals surface area contributed by atoms with Gasteiger partial charge in [0.1, 0.15) is 0 Å². The molecule has 0 atom stereocenters. The molecular weight excluding hydrogens is 366 g/mol. The van der Waals surface area contributed by atoms with Gasteiger partial charge in [0.15, 0.2) is 0 Å². The first-order chi connectivity index (χ1) is 6.17. The monoisotopic (exact) mass is 389 g/mol. The van der Waals surface area contributed by atoms with Gasteiger partial charge in [-0.15, -0.1) is 31.2 Å². The SMILES string of the molecule is C[Si](C)(CCO)C1=[C-]CC=C1.Cl.Cl.[CH3-].[CH3-].[SiH2]=[Zr]. The summed E-state index contributed by atoms with van der Waals surface area (Å²) in [5, 5.41) is 10.2. The van der Waals surface area contributed by atoms with Crippen molar-refractivity contribution in [1.29, 1.82) is 0 Å². The molecule has 1 N–H and O–H groups in total. The molecule has 0 aliphatic heterocycles. The normalized spacial score (nSPS) is 11.3. The van der Waals surface area contributed by atoms with E-state index in [2.05, 4.69) is 31.3 Å². The molecule has 0 amide bonds. The summed E-state index contributed by atoms with van der Waals surface area (Å²) in [6.45, 7) is 6.83. The van der Waals surface area contributed by atoms with Crippen LogP contribution in [-0.2, 0) is 23.3 Å². The number of rotatable bonds is 3. The summed E-state index contributed by atoms with van der Waals surface area (Å²) in [4.78, 5) is 0. The second-order valence-corrected chi connectivity index (χ2v) is 8.36. The Kier molecular flexibility index (Phi) is 31.6. The van der Waals surface area contributed by atoms with Gasteiger partial charge in [0.05, 0.1) is 0 Å². The van der Waals surface area contributed by atoms with E-state index in [0.717, 1.165) is 12.5 Å². The third-order valence-corrected chi connectivity index (χ3v) is 5.44. The Morgan fingerprint density at radius 1 is 1.35 bits per heavy atom. The van der Waals surface area contributed by atoms with Gasteiger partial charge in [0.25, 0.3) is 0 Å². The first-order valence-corrected chi connectivity index (χ1v) is 13.5. The molecule has 0 radical (unpaired) electrons. The van der Waals surface area contributed by atoms with Crippen molar-refractivity contribution < 1.29 is 28.4 Å². The summed E-state index contributed by atoms with van der Waals surface area (Å²) in [6.07, 6.45) is 8.62. The minimum absolute atomic E-state index is 0. The number of hydrogen-bond donors (Lipinski definition) is 1. The van der Waals surface area contributed by atoms with Crippen molar-refractivity contribution in [2.24, 2.45) is 0 Å². The molecule has 0 aromatic heterocycles. The van der Waals surface area contributed by atoms with E-state index >= 15 is 0 Å². The third kappa shape index (κ3) is 12.1. The molecular formula is C11H25Cl2OSi2Zr-3. The number of aliphatic hydroxyl groups is 1. The fourth-order valence-electron chi connectivity index (χ4n) is 1.28. The van der Waals surface area contributed by atoms with Crippen LogP contribution in [-0.4, -0.2) is 26.7 Å². The zero-order chi connectivity index (χ0) is 10.3. The van der Waals surface area contributed by atoms with Crippen LogP contribution < -0.4 is 0 Å². The summed E-state index contributed by atoms with van der Waals surface area (Å²) < 4.78 is 0. The fourth-order valence-corrected chi connectivity index (χ4v) is 3.26. The first kappa shape index (κ1) is 31.0. The molecule has 0 saturated heterocycles. The summed E-state index contributed by atoms with van der Waals surface area (Å²) in [7, 11) is -1.30. The van der Waals surface area contributed by atoms with E-state index in [1.54, 1.807) is 23.3 Å². The summed E-state index contributed by atoms with van der Waals surface area (Å²) in [6, 6.07) is 0.958. The molecule has 0 saturated carbocycles. The third-order valence-electron chi connectivity index (χ3n) is 2.16. The Labute approximate surface area is 138 Å². The molecule has 1 rings (SSSR count). The Morgan fingerprint density at radius 3 is 2.12 bits per heavy atom. The second-order valence-electron chi connectivity index (χ2n) is 3.55. The van der Waals surface area contributed by atoms with Crippen molar-refractivity contribution in [3.63, 3.8) is 0 Å². The van der Waals surface area contributed by atoms with E-state index in [-0.39, 0.29) is 39.7 Å². The molecule has 1 aliphatic rings. The predicted octanol–water partition coefficient (Wildman–Crippen LogP) is 2.74. The molecule has 0 heterocycles. The Balaban J connectivity index is -0.0000000760. The summed E-state index contributed by atoms with van der Waals surface area (Å²) >= 11 is 1.58. The molecule has 0 spiro atoms. The quantitative estimate of drug-likeness (QED) is 0.579. The van der Waals surface area contributed by atoms with Gasteiger partial charge in [-0.05, 0) is 6.04 Å². The van der Waals surface area contributed by atoms with Gasteiger partial charge in [-0.2, -0.15) is 6.08 Å². The van der Waals surface area contributed by atoms with Crippen LogP contribution in [0.1, 0.15) is 6.42 Å². The molecule has 0 bridgehead atoms. The van der Waals surface area contributed by atoms with Gasteiger partial charge >= 0.3 is 30.2 Å². The van der Waals surface area contributed by atoms with Crippen LogP contribution in [0.5, 0.6) is 0 Å². The van der Waals surface area contributed by atoms with Crippen molar-refractivity contribution in [2.75, 3.05) is 6.61 Å². The van der Waals surface area contributed by atoms with Crippen molar-refractivity contribution in [3.8, 4) is 0 Å². The average molecular weight is 392 g/mol. The second kappa shape index (κ2) is 17.3. The maximum absolute atomic E-state index is 8.83. The van der Waals surface area contributed by atoms with Crippen LogP contribution in [0.4, 0.5) is 0 Å². The molecule has 104 valence electrons. The Hall–Kier alpha value is 1.34. The average Bonchev–Trinajstić information content (AvgIpc) is 2.60. The Morgan fingerprint density at radius 2 is 1.82 bits per heavy atom. The van der Waals surface area contributed by atoms with E-state index in [0.29, 0.717) is 6.61 Å². The van der Waals surface area contributed by atoms with Crippen LogP contribution in [0.3, 0.4) is 0 Å².